The molecule has 45 heavy (non-hydrogen) atoms. The van der Waals surface area contributed by atoms with E-state index in [1.165, 1.54) is 9.80 Å². The Labute approximate surface area is 264 Å². The zero-order valence-electron chi connectivity index (χ0n) is 26.5. The summed E-state index contributed by atoms with van der Waals surface area (Å²) in [7, 11) is 0. The second-order valence-electron chi connectivity index (χ2n) is 12.9. The predicted octanol–water partition coefficient (Wildman–Crippen LogP) is 3.21. The number of hydrogen-bond acceptors (Lipinski definition) is 7. The highest BCUT2D eigenvalue weighted by Crippen LogP contribution is 2.30. The molecule has 2 aliphatic heterocycles. The maximum absolute atomic E-state index is 13.9. The SMILES string of the molecule is CC(C)(C)OC(=O)N[C@@H](C(=O)N1CCC[C@H]1C(=O)N[C@H]1CCCN(/C(N)=N/C(=O)OCc2ccccc2)C1=O)C1CCCCC1. The highest BCUT2D eigenvalue weighted by Gasteiger charge is 2.42. The second-order valence-corrected chi connectivity index (χ2v) is 12.9. The van der Waals surface area contributed by atoms with Gasteiger partial charge in [-0.3, -0.25) is 19.3 Å². The van der Waals surface area contributed by atoms with Crippen LogP contribution in [0.15, 0.2) is 35.3 Å². The standard InChI is InChI=1S/C32H46N6O7/c1-32(2,3)45-31(43)35-25(22-14-8-5-9-15-22)28(41)37-18-11-17-24(37)26(39)34-23-16-10-19-38(27(23)40)29(33)36-30(42)44-20-21-12-6-4-7-13-21/h4,6-7,12-13,22-25H,5,8-11,14-20H2,1-3H3,(H,34,39)(H,35,43)(H2,33,36,42)/t23-,24-,25+/m0/s1. The van der Waals surface area contributed by atoms with Gasteiger partial charge in [0.2, 0.25) is 17.8 Å². The fourth-order valence-electron chi connectivity index (χ4n) is 6.18. The van der Waals surface area contributed by atoms with E-state index >= 15 is 0 Å². The molecule has 2 heterocycles. The number of ether oxygens (including phenoxy) is 2. The van der Waals surface area contributed by atoms with Crippen molar-refractivity contribution in [2.75, 3.05) is 13.1 Å². The van der Waals surface area contributed by atoms with Gasteiger partial charge in [0.15, 0.2) is 0 Å². The Hall–Kier alpha value is -4.16. The van der Waals surface area contributed by atoms with Crippen LogP contribution in [0.3, 0.4) is 0 Å². The number of piperidine rings is 1. The Morgan fingerprint density at radius 2 is 1.67 bits per heavy atom. The molecule has 13 heteroatoms. The smallest absolute Gasteiger partial charge is 0.437 e. The fraction of sp³-hybridized carbons (Fsp3) is 0.625. The molecule has 3 fully saturated rings. The first kappa shape index (κ1) is 33.7. The number of aliphatic imine (C=N–C) groups is 1. The molecule has 1 saturated carbocycles. The van der Waals surface area contributed by atoms with E-state index in [-0.39, 0.29) is 30.9 Å². The Balaban J connectivity index is 1.38. The molecule has 1 aromatic rings. The average Bonchev–Trinajstić information content (AvgIpc) is 3.50. The van der Waals surface area contributed by atoms with Crippen LogP contribution in [0.25, 0.3) is 0 Å². The topological polar surface area (TPSA) is 173 Å². The minimum atomic E-state index is -0.928. The van der Waals surface area contributed by atoms with Crippen molar-refractivity contribution < 1.29 is 33.4 Å². The summed E-state index contributed by atoms with van der Waals surface area (Å²) >= 11 is 0. The van der Waals surface area contributed by atoms with E-state index in [1.807, 2.05) is 18.2 Å². The van der Waals surface area contributed by atoms with Crippen LogP contribution in [0.2, 0.25) is 0 Å². The summed E-state index contributed by atoms with van der Waals surface area (Å²) in [5, 5.41) is 5.62. The monoisotopic (exact) mass is 626 g/mol. The van der Waals surface area contributed by atoms with Gasteiger partial charge >= 0.3 is 12.2 Å². The molecule has 4 N–H and O–H groups in total. The Bertz CT molecular complexity index is 1260. The molecule has 5 amide bonds. The molecule has 3 atom stereocenters. The maximum atomic E-state index is 13.9. The molecule has 4 rings (SSSR count). The van der Waals surface area contributed by atoms with Crippen LogP contribution >= 0.6 is 0 Å². The number of likely N-dealkylation sites (tertiary alicyclic amines) is 2. The molecule has 0 unspecified atom stereocenters. The number of nitrogens with zero attached hydrogens (tertiary/aromatic N) is 3. The van der Waals surface area contributed by atoms with E-state index in [2.05, 4.69) is 15.6 Å². The summed E-state index contributed by atoms with van der Waals surface area (Å²) in [5.74, 6) is -1.61. The molecule has 1 aromatic carbocycles. The zero-order chi connectivity index (χ0) is 32.6. The van der Waals surface area contributed by atoms with E-state index in [9.17, 15) is 24.0 Å². The van der Waals surface area contributed by atoms with Crippen LogP contribution in [0.5, 0.6) is 0 Å². The number of amides is 5. The summed E-state index contributed by atoms with van der Waals surface area (Å²) in [6, 6.07) is 6.59. The Morgan fingerprint density at radius 1 is 0.978 bits per heavy atom. The second kappa shape index (κ2) is 15.2. The van der Waals surface area contributed by atoms with Gasteiger partial charge in [-0.05, 0) is 70.8 Å². The Morgan fingerprint density at radius 3 is 2.36 bits per heavy atom. The minimum Gasteiger partial charge on any atom is -0.444 e. The predicted molar refractivity (Wildman–Crippen MR) is 166 cm³/mol. The van der Waals surface area contributed by atoms with Gasteiger partial charge in [-0.2, -0.15) is 0 Å². The van der Waals surface area contributed by atoms with Crippen LogP contribution in [0.4, 0.5) is 9.59 Å². The van der Waals surface area contributed by atoms with Crippen LogP contribution < -0.4 is 16.4 Å². The highest BCUT2D eigenvalue weighted by atomic mass is 16.6. The van der Waals surface area contributed by atoms with E-state index in [0.29, 0.717) is 32.2 Å². The van der Waals surface area contributed by atoms with Gasteiger partial charge in [-0.1, -0.05) is 49.6 Å². The van der Waals surface area contributed by atoms with Gasteiger partial charge in [-0.25, -0.2) is 9.59 Å². The molecule has 0 aromatic heterocycles. The number of alkyl carbamates (subject to hydrolysis) is 1. The number of carbonyl (C=O) groups is 5. The number of rotatable bonds is 7. The third-order valence-corrected chi connectivity index (χ3v) is 8.34. The molecule has 0 bridgehead atoms. The van der Waals surface area contributed by atoms with Crippen molar-refractivity contribution in [2.24, 2.45) is 16.6 Å². The van der Waals surface area contributed by atoms with Crippen LogP contribution in [-0.2, 0) is 30.5 Å². The molecule has 2 saturated heterocycles. The zero-order valence-corrected chi connectivity index (χ0v) is 26.5. The quantitative estimate of drug-likeness (QED) is 0.306. The molecule has 13 nitrogen and oxygen atoms in total. The first-order chi connectivity index (χ1) is 21.4. The normalized spacial score (nSPS) is 22.0. The van der Waals surface area contributed by atoms with E-state index in [1.54, 1.807) is 32.9 Å². The summed E-state index contributed by atoms with van der Waals surface area (Å²) < 4.78 is 10.6. The van der Waals surface area contributed by atoms with Gasteiger partial charge in [0.05, 0.1) is 0 Å². The van der Waals surface area contributed by atoms with Crippen molar-refractivity contribution in [3.8, 4) is 0 Å². The fourth-order valence-corrected chi connectivity index (χ4v) is 6.18. The van der Waals surface area contributed by atoms with Gasteiger partial charge in [0.25, 0.3) is 5.91 Å². The number of hydrogen-bond donors (Lipinski definition) is 3. The molecule has 0 spiro atoms. The number of nitrogens with one attached hydrogen (secondary N) is 2. The first-order valence-electron chi connectivity index (χ1n) is 15.9. The molecule has 1 aliphatic carbocycles. The average molecular weight is 627 g/mol. The lowest BCUT2D eigenvalue weighted by Crippen LogP contribution is -2.60. The largest absolute Gasteiger partial charge is 0.444 e. The number of carbonyl (C=O) groups excluding carboxylic acids is 5. The summed E-state index contributed by atoms with van der Waals surface area (Å²) in [6.07, 6.45) is 4.95. The van der Waals surface area contributed by atoms with Gasteiger partial charge in [-0.15, -0.1) is 4.99 Å². The van der Waals surface area contributed by atoms with E-state index < -0.39 is 47.7 Å². The van der Waals surface area contributed by atoms with Crippen molar-refractivity contribution in [1.82, 2.24) is 20.4 Å². The van der Waals surface area contributed by atoms with Crippen molar-refractivity contribution in [2.45, 2.75) is 109 Å². The highest BCUT2D eigenvalue weighted by molar-refractivity contribution is 6.03. The summed E-state index contributed by atoms with van der Waals surface area (Å²) in [4.78, 5) is 72.2. The van der Waals surface area contributed by atoms with Crippen LogP contribution in [-0.4, -0.2) is 82.5 Å². The van der Waals surface area contributed by atoms with Crippen molar-refractivity contribution in [1.29, 1.82) is 0 Å². The van der Waals surface area contributed by atoms with Crippen LogP contribution in [0.1, 0.15) is 84.1 Å². The first-order valence-corrected chi connectivity index (χ1v) is 15.9. The summed E-state index contributed by atoms with van der Waals surface area (Å²) in [5.41, 5.74) is 6.07. The van der Waals surface area contributed by atoms with Gasteiger partial charge in [0.1, 0.15) is 30.3 Å². The number of nitrogens with two attached hydrogens (primary N) is 1. The molecule has 3 aliphatic rings. The lowest BCUT2D eigenvalue weighted by atomic mass is 9.83. The molecular formula is C32H46N6O7. The van der Waals surface area contributed by atoms with E-state index in [4.69, 9.17) is 15.2 Å². The van der Waals surface area contributed by atoms with Gasteiger partial charge in [0, 0.05) is 13.1 Å². The van der Waals surface area contributed by atoms with E-state index in [0.717, 1.165) is 37.7 Å². The molecular weight excluding hydrogens is 580 g/mol. The van der Waals surface area contributed by atoms with Crippen molar-refractivity contribution >= 4 is 35.9 Å². The van der Waals surface area contributed by atoms with Crippen molar-refractivity contribution in [3.05, 3.63) is 35.9 Å². The number of benzene rings is 1. The summed E-state index contributed by atoms with van der Waals surface area (Å²) in [6.45, 7) is 5.89. The Kier molecular flexibility index (Phi) is 11.4. The third-order valence-electron chi connectivity index (χ3n) is 8.34. The minimum absolute atomic E-state index is 0.00852. The number of guanidine groups is 1. The van der Waals surface area contributed by atoms with Gasteiger partial charge < -0.3 is 30.7 Å². The van der Waals surface area contributed by atoms with Crippen molar-refractivity contribution in [3.63, 3.8) is 0 Å². The lowest BCUT2D eigenvalue weighted by Gasteiger charge is -2.36. The molecule has 246 valence electrons. The molecule has 0 radical (unpaired) electrons. The third kappa shape index (κ3) is 9.41. The maximum Gasteiger partial charge on any atom is 0.437 e. The lowest BCUT2D eigenvalue weighted by molar-refractivity contribution is -0.143. The van der Waals surface area contributed by atoms with Crippen LogP contribution in [0, 0.1) is 5.92 Å².